The smallest absolute Gasteiger partial charge is 0.252 e. The van der Waals surface area contributed by atoms with Crippen molar-refractivity contribution >= 4 is 11.7 Å². The highest BCUT2D eigenvalue weighted by atomic mass is 16.5. The molecule has 0 atom stereocenters. The number of nitrogens with zero attached hydrogens (tertiary/aromatic N) is 3. The SMILES string of the molecule is CCCc1cc(=O)[nH]c(-n2nc(-c3ccco3)cc2NC(=O)Cc2ccc(OCC)cc2)n1. The molecule has 0 aliphatic heterocycles. The Kier molecular flexibility index (Phi) is 6.68. The van der Waals surface area contributed by atoms with Gasteiger partial charge < -0.3 is 14.5 Å². The zero-order chi connectivity index (χ0) is 23.2. The second-order valence-electron chi connectivity index (χ2n) is 7.42. The van der Waals surface area contributed by atoms with Crippen LogP contribution >= 0.6 is 0 Å². The highest BCUT2D eigenvalue weighted by Gasteiger charge is 2.17. The fraction of sp³-hybridized carbons (Fsp3) is 0.250. The third-order valence-corrected chi connectivity index (χ3v) is 4.84. The largest absolute Gasteiger partial charge is 0.494 e. The summed E-state index contributed by atoms with van der Waals surface area (Å²) in [6.45, 7) is 4.51. The van der Waals surface area contributed by atoms with Crippen molar-refractivity contribution < 1.29 is 13.9 Å². The van der Waals surface area contributed by atoms with Crippen molar-refractivity contribution in [3.63, 3.8) is 0 Å². The molecule has 3 heterocycles. The van der Waals surface area contributed by atoms with Crippen molar-refractivity contribution in [2.75, 3.05) is 11.9 Å². The zero-order valence-corrected chi connectivity index (χ0v) is 18.5. The van der Waals surface area contributed by atoms with Gasteiger partial charge in [0.05, 0.1) is 19.3 Å². The van der Waals surface area contributed by atoms with Gasteiger partial charge in [-0.1, -0.05) is 25.5 Å². The summed E-state index contributed by atoms with van der Waals surface area (Å²) >= 11 is 0. The van der Waals surface area contributed by atoms with E-state index in [4.69, 9.17) is 9.15 Å². The third-order valence-electron chi connectivity index (χ3n) is 4.84. The van der Waals surface area contributed by atoms with E-state index >= 15 is 0 Å². The van der Waals surface area contributed by atoms with Crippen molar-refractivity contribution in [2.24, 2.45) is 0 Å². The fourth-order valence-corrected chi connectivity index (χ4v) is 3.40. The van der Waals surface area contributed by atoms with Crippen LogP contribution in [-0.2, 0) is 17.6 Å². The summed E-state index contributed by atoms with van der Waals surface area (Å²) in [6.07, 6.45) is 3.20. The second kappa shape index (κ2) is 9.99. The van der Waals surface area contributed by atoms with Gasteiger partial charge in [-0.25, -0.2) is 4.98 Å². The van der Waals surface area contributed by atoms with Crippen molar-refractivity contribution in [3.8, 4) is 23.2 Å². The lowest BCUT2D eigenvalue weighted by Gasteiger charge is -2.09. The van der Waals surface area contributed by atoms with E-state index in [1.165, 1.54) is 10.7 Å². The highest BCUT2D eigenvalue weighted by molar-refractivity contribution is 5.92. The molecule has 2 N–H and O–H groups in total. The van der Waals surface area contributed by atoms with Gasteiger partial charge in [0, 0.05) is 17.8 Å². The number of H-pyrrole nitrogens is 1. The quantitative estimate of drug-likeness (QED) is 0.404. The molecule has 0 aliphatic rings. The molecule has 9 nitrogen and oxygen atoms in total. The van der Waals surface area contributed by atoms with Crippen molar-refractivity contribution in [1.29, 1.82) is 0 Å². The first kappa shape index (κ1) is 22.1. The van der Waals surface area contributed by atoms with Gasteiger partial charge in [-0.2, -0.15) is 9.78 Å². The van der Waals surface area contributed by atoms with Crippen LogP contribution in [0.1, 0.15) is 31.5 Å². The maximum atomic E-state index is 12.8. The molecule has 0 fully saturated rings. The molecular formula is C24H25N5O4. The number of nitrogens with one attached hydrogen (secondary N) is 2. The molecule has 4 aromatic rings. The first-order chi connectivity index (χ1) is 16.1. The number of aryl methyl sites for hydroxylation is 1. The number of aromatic nitrogens is 4. The summed E-state index contributed by atoms with van der Waals surface area (Å²) in [5.74, 6) is 1.64. The van der Waals surface area contributed by atoms with Crippen molar-refractivity contribution in [2.45, 2.75) is 33.1 Å². The number of hydrogen-bond donors (Lipinski definition) is 2. The van der Waals surface area contributed by atoms with Crippen LogP contribution in [0, 0.1) is 0 Å². The predicted molar refractivity (Wildman–Crippen MR) is 124 cm³/mol. The summed E-state index contributed by atoms with van der Waals surface area (Å²) in [5, 5.41) is 7.39. The van der Waals surface area contributed by atoms with Gasteiger partial charge in [0.15, 0.2) is 5.76 Å². The van der Waals surface area contributed by atoms with E-state index in [0.29, 0.717) is 36.0 Å². The Hall–Kier alpha value is -4.14. The van der Waals surface area contributed by atoms with Gasteiger partial charge in [0.1, 0.15) is 17.3 Å². The molecule has 33 heavy (non-hydrogen) atoms. The molecule has 170 valence electrons. The maximum Gasteiger partial charge on any atom is 0.252 e. The predicted octanol–water partition coefficient (Wildman–Crippen LogP) is 3.75. The Balaban J connectivity index is 1.63. The molecule has 3 aromatic heterocycles. The van der Waals surface area contributed by atoms with Gasteiger partial charge >= 0.3 is 0 Å². The summed E-state index contributed by atoms with van der Waals surface area (Å²) in [6, 6.07) is 14.0. The van der Waals surface area contributed by atoms with Crippen LogP contribution in [0.15, 0.2) is 64.0 Å². The number of rotatable bonds is 9. The number of hydrogen-bond acceptors (Lipinski definition) is 6. The maximum absolute atomic E-state index is 12.8. The van der Waals surface area contributed by atoms with Crippen molar-refractivity contribution in [1.82, 2.24) is 19.7 Å². The molecule has 0 saturated heterocycles. The van der Waals surface area contributed by atoms with Gasteiger partial charge in [0.2, 0.25) is 11.9 Å². The number of aromatic amines is 1. The number of benzene rings is 1. The molecule has 0 spiro atoms. The van der Waals surface area contributed by atoms with Crippen LogP contribution in [-0.4, -0.2) is 32.3 Å². The minimum atomic E-state index is -0.287. The van der Waals surface area contributed by atoms with Crippen LogP contribution in [0.4, 0.5) is 5.82 Å². The topological polar surface area (TPSA) is 115 Å². The molecule has 0 radical (unpaired) electrons. The molecule has 0 bridgehead atoms. The minimum absolute atomic E-state index is 0.160. The lowest BCUT2D eigenvalue weighted by atomic mass is 10.1. The number of anilines is 1. The van der Waals surface area contributed by atoms with Gasteiger partial charge in [-0.15, -0.1) is 0 Å². The Labute approximate surface area is 190 Å². The van der Waals surface area contributed by atoms with Crippen LogP contribution in [0.3, 0.4) is 0 Å². The van der Waals surface area contributed by atoms with E-state index in [1.54, 1.807) is 24.5 Å². The Morgan fingerprint density at radius 3 is 2.70 bits per heavy atom. The number of furan rings is 1. The number of ether oxygens (including phenoxy) is 1. The minimum Gasteiger partial charge on any atom is -0.494 e. The Morgan fingerprint density at radius 2 is 2.00 bits per heavy atom. The second-order valence-corrected chi connectivity index (χ2v) is 7.42. The number of amides is 1. The number of carbonyl (C=O) groups excluding carboxylic acids is 1. The van der Waals surface area contributed by atoms with E-state index in [9.17, 15) is 9.59 Å². The first-order valence-corrected chi connectivity index (χ1v) is 10.8. The summed E-state index contributed by atoms with van der Waals surface area (Å²) in [7, 11) is 0. The first-order valence-electron chi connectivity index (χ1n) is 10.8. The van der Waals surface area contributed by atoms with Crippen LogP contribution in [0.5, 0.6) is 5.75 Å². The summed E-state index contributed by atoms with van der Waals surface area (Å²) in [4.78, 5) is 32.2. The molecule has 0 saturated carbocycles. The normalized spacial score (nSPS) is 10.8. The van der Waals surface area contributed by atoms with Crippen molar-refractivity contribution in [3.05, 3.63) is 76.4 Å². The Morgan fingerprint density at radius 1 is 1.18 bits per heavy atom. The van der Waals surface area contributed by atoms with Crippen LogP contribution in [0.25, 0.3) is 17.4 Å². The molecular weight excluding hydrogens is 422 g/mol. The molecule has 0 unspecified atom stereocenters. The average Bonchev–Trinajstić information content (AvgIpc) is 3.45. The van der Waals surface area contributed by atoms with Gasteiger partial charge in [-0.05, 0) is 43.2 Å². The fourth-order valence-electron chi connectivity index (χ4n) is 3.40. The molecule has 0 aliphatic carbocycles. The van der Waals surface area contributed by atoms with E-state index in [-0.39, 0.29) is 23.8 Å². The molecule has 1 amide bonds. The average molecular weight is 447 g/mol. The monoisotopic (exact) mass is 447 g/mol. The van der Waals surface area contributed by atoms with Crippen LogP contribution < -0.4 is 15.6 Å². The Bertz CT molecular complexity index is 1270. The lowest BCUT2D eigenvalue weighted by Crippen LogP contribution is -2.20. The van der Waals surface area contributed by atoms with Crippen LogP contribution in [0.2, 0.25) is 0 Å². The number of carbonyl (C=O) groups is 1. The van der Waals surface area contributed by atoms with E-state index in [2.05, 4.69) is 20.4 Å². The molecule has 9 heteroatoms. The highest BCUT2D eigenvalue weighted by Crippen LogP contribution is 2.24. The molecule has 4 rings (SSSR count). The van der Waals surface area contributed by atoms with Gasteiger partial charge in [-0.3, -0.25) is 14.6 Å². The van der Waals surface area contributed by atoms with E-state index in [1.807, 2.05) is 38.1 Å². The zero-order valence-electron chi connectivity index (χ0n) is 18.5. The lowest BCUT2D eigenvalue weighted by molar-refractivity contribution is -0.115. The summed E-state index contributed by atoms with van der Waals surface area (Å²) in [5.41, 5.74) is 1.70. The van der Waals surface area contributed by atoms with E-state index in [0.717, 1.165) is 17.7 Å². The molecule has 1 aromatic carbocycles. The third kappa shape index (κ3) is 5.38. The summed E-state index contributed by atoms with van der Waals surface area (Å²) < 4.78 is 12.3. The standard InChI is InChI=1S/C24H25N5O4/c1-3-6-17-14-23(31)27-24(25-17)29-21(15-19(28-29)20-7-5-12-33-20)26-22(30)13-16-8-10-18(11-9-16)32-4-2/h5,7-12,14-15H,3-4,6,13H2,1-2H3,(H,26,30)(H,25,27,31). The van der Waals surface area contributed by atoms with Gasteiger partial charge in [0.25, 0.3) is 5.56 Å². The van der Waals surface area contributed by atoms with E-state index < -0.39 is 0 Å².